The number of hydrogen-bond acceptors (Lipinski definition) is 5. The molecule has 3 rings (SSSR count). The first-order valence-electron chi connectivity index (χ1n) is 11.0. The molecule has 0 saturated heterocycles. The van der Waals surface area contributed by atoms with E-state index < -0.39 is 10.0 Å². The van der Waals surface area contributed by atoms with E-state index in [0.717, 1.165) is 42.6 Å². The van der Waals surface area contributed by atoms with Crippen LogP contribution in [0.15, 0.2) is 52.3 Å². The molecular weight excluding hydrogens is 480 g/mol. The molecule has 1 amide bonds. The summed E-state index contributed by atoms with van der Waals surface area (Å²) in [5.41, 5.74) is 0.968. The lowest BCUT2D eigenvalue weighted by atomic mass is 9.95. The SMILES string of the molecule is COc1ccc(S(=O)(=O)N(CC(=O)N[C@H](C)c2ccc(SC)cc2)C2CCCCC2)cc1Cl. The zero-order valence-electron chi connectivity index (χ0n) is 19.2. The summed E-state index contributed by atoms with van der Waals surface area (Å²) in [6, 6.07) is 11.9. The standard InChI is InChI=1S/C24H31ClN2O4S2/c1-17(18-9-11-20(32-3)12-10-18)26-24(28)16-27(19-7-5-4-6-8-19)33(29,30)21-13-14-23(31-2)22(25)15-21/h9-15,17,19H,4-8,16H2,1-3H3,(H,26,28)/t17-/m1/s1. The fraction of sp³-hybridized carbons (Fsp3) is 0.458. The van der Waals surface area contributed by atoms with Crippen LogP contribution in [0.1, 0.15) is 50.6 Å². The highest BCUT2D eigenvalue weighted by Gasteiger charge is 2.34. The monoisotopic (exact) mass is 510 g/mol. The van der Waals surface area contributed by atoms with Crippen molar-refractivity contribution in [3.63, 3.8) is 0 Å². The number of hydrogen-bond donors (Lipinski definition) is 1. The predicted molar refractivity (Wildman–Crippen MR) is 134 cm³/mol. The Hall–Kier alpha value is -1.74. The summed E-state index contributed by atoms with van der Waals surface area (Å²) in [6.07, 6.45) is 6.45. The minimum Gasteiger partial charge on any atom is -0.495 e. The number of nitrogens with zero attached hydrogens (tertiary/aromatic N) is 1. The highest BCUT2D eigenvalue weighted by molar-refractivity contribution is 7.98. The molecular formula is C24H31ClN2O4S2. The molecule has 0 spiro atoms. The highest BCUT2D eigenvalue weighted by atomic mass is 35.5. The van der Waals surface area contributed by atoms with E-state index in [2.05, 4.69) is 5.32 Å². The maximum absolute atomic E-state index is 13.6. The van der Waals surface area contributed by atoms with Gasteiger partial charge in [-0.1, -0.05) is 43.0 Å². The van der Waals surface area contributed by atoms with Crippen LogP contribution in [0.3, 0.4) is 0 Å². The Morgan fingerprint density at radius 2 is 1.85 bits per heavy atom. The van der Waals surface area contributed by atoms with Gasteiger partial charge in [0.1, 0.15) is 5.75 Å². The van der Waals surface area contributed by atoms with Crippen molar-refractivity contribution in [3.05, 3.63) is 53.1 Å². The summed E-state index contributed by atoms with van der Waals surface area (Å²) >= 11 is 7.85. The number of rotatable bonds is 9. The van der Waals surface area contributed by atoms with Crippen LogP contribution in [0.2, 0.25) is 5.02 Å². The first kappa shape index (κ1) is 25.9. The molecule has 1 aliphatic carbocycles. The van der Waals surface area contributed by atoms with E-state index in [1.807, 2.05) is 37.4 Å². The number of thioether (sulfide) groups is 1. The summed E-state index contributed by atoms with van der Waals surface area (Å²) in [7, 11) is -2.45. The van der Waals surface area contributed by atoms with Crippen LogP contribution in [0.5, 0.6) is 5.75 Å². The summed E-state index contributed by atoms with van der Waals surface area (Å²) in [5, 5.41) is 3.18. The lowest BCUT2D eigenvalue weighted by Gasteiger charge is -2.33. The van der Waals surface area contributed by atoms with Gasteiger partial charge < -0.3 is 10.1 Å². The molecule has 1 N–H and O–H groups in total. The number of sulfonamides is 1. The molecule has 0 unspecified atom stereocenters. The summed E-state index contributed by atoms with van der Waals surface area (Å²) < 4.78 is 33.7. The van der Waals surface area contributed by atoms with Crippen molar-refractivity contribution in [2.24, 2.45) is 0 Å². The molecule has 1 atom stereocenters. The van der Waals surface area contributed by atoms with E-state index in [1.165, 1.54) is 29.6 Å². The summed E-state index contributed by atoms with van der Waals surface area (Å²) in [5.74, 6) is 0.0732. The summed E-state index contributed by atoms with van der Waals surface area (Å²) in [4.78, 5) is 14.2. The third-order valence-electron chi connectivity index (χ3n) is 6.00. The van der Waals surface area contributed by atoms with Crippen LogP contribution < -0.4 is 10.1 Å². The predicted octanol–water partition coefficient (Wildman–Crippen LogP) is 5.27. The maximum atomic E-state index is 13.6. The van der Waals surface area contributed by atoms with Crippen molar-refractivity contribution in [3.8, 4) is 5.75 Å². The van der Waals surface area contributed by atoms with E-state index in [9.17, 15) is 13.2 Å². The number of amides is 1. The third-order valence-corrected chi connectivity index (χ3v) is 8.94. The van der Waals surface area contributed by atoms with Gasteiger partial charge in [-0.2, -0.15) is 4.31 Å². The van der Waals surface area contributed by atoms with E-state index in [0.29, 0.717) is 5.75 Å². The van der Waals surface area contributed by atoms with Crippen molar-refractivity contribution >= 4 is 39.3 Å². The zero-order chi connectivity index (χ0) is 24.0. The quantitative estimate of drug-likeness (QED) is 0.465. The van der Waals surface area contributed by atoms with Crippen molar-refractivity contribution in [1.29, 1.82) is 0 Å². The second kappa shape index (κ2) is 11.6. The molecule has 0 aliphatic heterocycles. The van der Waals surface area contributed by atoms with E-state index in [1.54, 1.807) is 11.8 Å². The fourth-order valence-electron chi connectivity index (χ4n) is 4.13. The molecule has 0 aromatic heterocycles. The Balaban J connectivity index is 1.81. The van der Waals surface area contributed by atoms with Gasteiger partial charge >= 0.3 is 0 Å². The number of ether oxygens (including phenoxy) is 1. The smallest absolute Gasteiger partial charge is 0.243 e. The minimum atomic E-state index is -3.92. The number of methoxy groups -OCH3 is 1. The Kier molecular flexibility index (Phi) is 9.09. The van der Waals surface area contributed by atoms with Gasteiger partial charge in [0.15, 0.2) is 0 Å². The lowest BCUT2D eigenvalue weighted by Crippen LogP contribution is -2.47. The van der Waals surface area contributed by atoms with Crippen LogP contribution in [-0.4, -0.2) is 44.6 Å². The molecule has 2 aromatic rings. The van der Waals surface area contributed by atoms with Gasteiger partial charge in [0, 0.05) is 10.9 Å². The molecule has 0 heterocycles. The normalized spacial score (nSPS) is 15.9. The van der Waals surface area contributed by atoms with Gasteiger partial charge in [0.25, 0.3) is 0 Å². The average molecular weight is 511 g/mol. The topological polar surface area (TPSA) is 75.7 Å². The molecule has 1 fully saturated rings. The molecule has 2 aromatic carbocycles. The minimum absolute atomic E-state index is 0.0624. The number of benzene rings is 2. The second-order valence-corrected chi connectivity index (χ2v) is 11.4. The number of nitrogens with one attached hydrogen (secondary N) is 1. The van der Waals surface area contributed by atoms with E-state index in [-0.39, 0.29) is 34.5 Å². The molecule has 0 bridgehead atoms. The average Bonchev–Trinajstić information content (AvgIpc) is 2.83. The molecule has 33 heavy (non-hydrogen) atoms. The zero-order valence-corrected chi connectivity index (χ0v) is 21.6. The van der Waals surface area contributed by atoms with Gasteiger partial charge in [-0.25, -0.2) is 8.42 Å². The van der Waals surface area contributed by atoms with Gasteiger partial charge in [0.05, 0.1) is 29.6 Å². The Labute approximate surface area is 206 Å². The van der Waals surface area contributed by atoms with Gasteiger partial charge in [-0.3, -0.25) is 4.79 Å². The van der Waals surface area contributed by atoms with Crippen LogP contribution in [0, 0.1) is 0 Å². The van der Waals surface area contributed by atoms with Crippen LogP contribution in [-0.2, 0) is 14.8 Å². The molecule has 1 saturated carbocycles. The van der Waals surface area contributed by atoms with Gasteiger partial charge in [0.2, 0.25) is 15.9 Å². The Morgan fingerprint density at radius 1 is 1.18 bits per heavy atom. The van der Waals surface area contributed by atoms with E-state index in [4.69, 9.17) is 16.3 Å². The van der Waals surface area contributed by atoms with Crippen LogP contribution >= 0.6 is 23.4 Å². The fourth-order valence-corrected chi connectivity index (χ4v) is 6.53. The van der Waals surface area contributed by atoms with Crippen LogP contribution in [0.25, 0.3) is 0 Å². The molecule has 180 valence electrons. The Morgan fingerprint density at radius 3 is 2.42 bits per heavy atom. The Bertz CT molecular complexity index is 1050. The number of carbonyl (C=O) groups excluding carboxylic acids is 1. The first-order valence-corrected chi connectivity index (χ1v) is 14.1. The highest BCUT2D eigenvalue weighted by Crippen LogP contribution is 2.32. The maximum Gasteiger partial charge on any atom is 0.243 e. The molecule has 6 nitrogen and oxygen atoms in total. The molecule has 0 radical (unpaired) electrons. The number of carbonyl (C=O) groups is 1. The van der Waals surface area contributed by atoms with Gasteiger partial charge in [-0.15, -0.1) is 11.8 Å². The summed E-state index contributed by atoms with van der Waals surface area (Å²) in [6.45, 7) is 1.67. The molecule has 1 aliphatic rings. The van der Waals surface area contributed by atoms with Crippen molar-refractivity contribution in [2.45, 2.75) is 60.9 Å². The van der Waals surface area contributed by atoms with Crippen LogP contribution in [0.4, 0.5) is 0 Å². The van der Waals surface area contributed by atoms with Crippen molar-refractivity contribution < 1.29 is 17.9 Å². The first-order chi connectivity index (χ1) is 15.8. The third kappa shape index (κ3) is 6.44. The lowest BCUT2D eigenvalue weighted by molar-refractivity contribution is -0.122. The largest absolute Gasteiger partial charge is 0.495 e. The molecule has 9 heteroatoms. The number of halogens is 1. The van der Waals surface area contributed by atoms with E-state index >= 15 is 0 Å². The second-order valence-electron chi connectivity index (χ2n) is 8.20. The van der Waals surface area contributed by atoms with Crippen molar-refractivity contribution in [1.82, 2.24) is 9.62 Å². The van der Waals surface area contributed by atoms with Gasteiger partial charge in [-0.05, 0) is 61.9 Å². The van der Waals surface area contributed by atoms with Crippen molar-refractivity contribution in [2.75, 3.05) is 19.9 Å².